The monoisotopic (exact) mass is 384 g/mol. The summed E-state index contributed by atoms with van der Waals surface area (Å²) in [5, 5.41) is 0. The van der Waals surface area contributed by atoms with Gasteiger partial charge in [0.1, 0.15) is 17.9 Å². The fourth-order valence-corrected chi connectivity index (χ4v) is 3.07. The molecule has 0 unspecified atom stereocenters. The van der Waals surface area contributed by atoms with E-state index in [0.717, 1.165) is 24.3 Å². The van der Waals surface area contributed by atoms with Crippen LogP contribution in [0.2, 0.25) is 0 Å². The highest BCUT2D eigenvalue weighted by Crippen LogP contribution is 2.24. The number of imidazole rings is 1. The third kappa shape index (κ3) is 4.30. The third-order valence-corrected chi connectivity index (χ3v) is 4.53. The summed E-state index contributed by atoms with van der Waals surface area (Å²) in [5.41, 5.74) is 0.199. The van der Waals surface area contributed by atoms with Crippen molar-refractivity contribution in [2.75, 3.05) is 4.72 Å². The Bertz CT molecular complexity index is 970. The van der Waals surface area contributed by atoms with E-state index in [1.54, 1.807) is 23.0 Å². The Balaban J connectivity index is 1.74. The molecule has 11 heteroatoms. The lowest BCUT2D eigenvalue weighted by Crippen LogP contribution is -2.17. The van der Waals surface area contributed by atoms with Gasteiger partial charge in [0.05, 0.1) is 16.8 Å². The smallest absolute Gasteiger partial charge is 0.406 e. The highest BCUT2D eigenvalue weighted by Gasteiger charge is 2.31. The molecule has 0 aliphatic heterocycles. The Morgan fingerprint density at radius 3 is 2.35 bits per heavy atom. The Hall–Kier alpha value is -3.08. The first-order valence-corrected chi connectivity index (χ1v) is 8.54. The number of alkyl halides is 3. The predicted octanol–water partition coefficient (Wildman–Crippen LogP) is 2.97. The van der Waals surface area contributed by atoms with E-state index in [1.807, 2.05) is 0 Å². The first-order valence-electron chi connectivity index (χ1n) is 7.06. The molecule has 0 aliphatic rings. The average molecular weight is 384 g/mol. The van der Waals surface area contributed by atoms with E-state index in [0.29, 0.717) is 5.82 Å². The molecule has 136 valence electrons. The molecule has 0 amide bonds. The molecular weight excluding hydrogens is 373 g/mol. The van der Waals surface area contributed by atoms with Crippen LogP contribution in [-0.2, 0) is 10.0 Å². The molecule has 2 heterocycles. The molecule has 0 fully saturated rings. The van der Waals surface area contributed by atoms with E-state index >= 15 is 0 Å². The minimum atomic E-state index is -4.85. The number of ether oxygens (including phenoxy) is 1. The first kappa shape index (κ1) is 17.7. The van der Waals surface area contributed by atoms with Crippen LogP contribution in [0.5, 0.6) is 5.75 Å². The molecular formula is C15H11F3N4O3S. The van der Waals surface area contributed by atoms with Crippen LogP contribution in [0.1, 0.15) is 0 Å². The first-order chi connectivity index (χ1) is 12.2. The lowest BCUT2D eigenvalue weighted by Gasteiger charge is -2.11. The fourth-order valence-electron chi connectivity index (χ4n) is 2.03. The van der Waals surface area contributed by atoms with E-state index in [1.165, 1.54) is 18.6 Å². The second-order valence-electron chi connectivity index (χ2n) is 5.00. The standard InChI is InChI=1S/C15H11F3N4O3S/c16-15(17,18)25-12-2-4-13(5-3-12)26(23,24)21-11-1-6-14(20-9-11)22-8-7-19-10-22/h1-10,21H. The molecule has 0 saturated heterocycles. The van der Waals surface area contributed by atoms with Crippen LogP contribution in [0.4, 0.5) is 18.9 Å². The number of aromatic nitrogens is 3. The van der Waals surface area contributed by atoms with Gasteiger partial charge in [0, 0.05) is 12.4 Å². The molecule has 0 atom stereocenters. The summed E-state index contributed by atoms with van der Waals surface area (Å²) >= 11 is 0. The number of pyridine rings is 1. The lowest BCUT2D eigenvalue weighted by molar-refractivity contribution is -0.274. The van der Waals surface area contributed by atoms with Crippen molar-refractivity contribution in [3.63, 3.8) is 0 Å². The van der Waals surface area contributed by atoms with Crippen LogP contribution in [-0.4, -0.2) is 29.3 Å². The lowest BCUT2D eigenvalue weighted by atomic mass is 10.3. The van der Waals surface area contributed by atoms with Gasteiger partial charge in [-0.2, -0.15) is 0 Å². The van der Waals surface area contributed by atoms with E-state index in [4.69, 9.17) is 0 Å². The number of benzene rings is 1. The number of hydrogen-bond acceptors (Lipinski definition) is 5. The molecule has 0 spiro atoms. The maximum Gasteiger partial charge on any atom is 0.573 e. The second kappa shape index (κ2) is 6.67. The Morgan fingerprint density at radius 1 is 1.08 bits per heavy atom. The molecule has 0 radical (unpaired) electrons. The zero-order valence-corrected chi connectivity index (χ0v) is 13.7. The van der Waals surface area contributed by atoms with Gasteiger partial charge in [-0.15, -0.1) is 13.2 Å². The van der Waals surface area contributed by atoms with Crippen molar-refractivity contribution < 1.29 is 26.3 Å². The van der Waals surface area contributed by atoms with Crippen LogP contribution >= 0.6 is 0 Å². The van der Waals surface area contributed by atoms with Crippen LogP contribution in [0.25, 0.3) is 5.82 Å². The Kier molecular flexibility index (Phi) is 4.55. The molecule has 3 rings (SSSR count). The molecule has 1 N–H and O–H groups in total. The number of rotatable bonds is 5. The van der Waals surface area contributed by atoms with Crippen molar-refractivity contribution in [2.45, 2.75) is 11.3 Å². The van der Waals surface area contributed by atoms with Gasteiger partial charge in [0.25, 0.3) is 10.0 Å². The molecule has 7 nitrogen and oxygen atoms in total. The maximum absolute atomic E-state index is 12.3. The van der Waals surface area contributed by atoms with Gasteiger partial charge in [-0.1, -0.05) is 0 Å². The summed E-state index contributed by atoms with van der Waals surface area (Å²) in [6, 6.07) is 6.94. The van der Waals surface area contributed by atoms with Gasteiger partial charge in [0.2, 0.25) is 0 Å². The van der Waals surface area contributed by atoms with E-state index in [-0.39, 0.29) is 10.6 Å². The minimum absolute atomic E-state index is 0.199. The number of sulfonamides is 1. The summed E-state index contributed by atoms with van der Waals surface area (Å²) in [7, 11) is -3.99. The van der Waals surface area contributed by atoms with Crippen LogP contribution in [0.15, 0.2) is 66.2 Å². The molecule has 3 aromatic rings. The van der Waals surface area contributed by atoms with Crippen molar-refractivity contribution in [3.05, 3.63) is 61.3 Å². The summed E-state index contributed by atoms with van der Waals surface area (Å²) in [5.74, 6) is 0.0295. The largest absolute Gasteiger partial charge is 0.573 e. The van der Waals surface area contributed by atoms with Gasteiger partial charge >= 0.3 is 6.36 Å². The number of nitrogens with zero attached hydrogens (tertiary/aromatic N) is 3. The minimum Gasteiger partial charge on any atom is -0.406 e. The molecule has 0 saturated carbocycles. The SMILES string of the molecule is O=S(=O)(Nc1ccc(-n2ccnc2)nc1)c1ccc(OC(F)(F)F)cc1. The molecule has 0 bridgehead atoms. The maximum atomic E-state index is 12.3. The zero-order valence-electron chi connectivity index (χ0n) is 12.9. The third-order valence-electron chi connectivity index (χ3n) is 3.14. The summed E-state index contributed by atoms with van der Waals surface area (Å²) in [6.45, 7) is 0. The number of hydrogen-bond donors (Lipinski definition) is 1. The van der Waals surface area contributed by atoms with Crippen LogP contribution in [0.3, 0.4) is 0 Å². The van der Waals surface area contributed by atoms with Gasteiger partial charge in [0.15, 0.2) is 0 Å². The Morgan fingerprint density at radius 2 is 1.81 bits per heavy atom. The number of anilines is 1. The highest BCUT2D eigenvalue weighted by atomic mass is 32.2. The second-order valence-corrected chi connectivity index (χ2v) is 6.68. The van der Waals surface area contributed by atoms with Gasteiger partial charge in [-0.3, -0.25) is 9.29 Å². The topological polar surface area (TPSA) is 86.1 Å². The Labute approximate surface area is 146 Å². The van der Waals surface area contributed by atoms with Crippen molar-refractivity contribution >= 4 is 15.7 Å². The van der Waals surface area contributed by atoms with Gasteiger partial charge < -0.3 is 4.74 Å². The normalized spacial score (nSPS) is 12.0. The number of halogens is 3. The van der Waals surface area contributed by atoms with E-state index < -0.39 is 22.1 Å². The van der Waals surface area contributed by atoms with Crippen molar-refractivity contribution in [1.82, 2.24) is 14.5 Å². The zero-order chi connectivity index (χ0) is 18.8. The van der Waals surface area contributed by atoms with Gasteiger partial charge in [-0.25, -0.2) is 18.4 Å². The average Bonchev–Trinajstić information content (AvgIpc) is 3.09. The summed E-state index contributed by atoms with van der Waals surface area (Å²) < 4.78 is 68.6. The van der Waals surface area contributed by atoms with Crippen LogP contribution in [0, 0.1) is 0 Å². The molecule has 2 aromatic heterocycles. The fraction of sp³-hybridized carbons (Fsp3) is 0.0667. The molecule has 26 heavy (non-hydrogen) atoms. The number of nitrogens with one attached hydrogen (secondary N) is 1. The van der Waals surface area contributed by atoms with E-state index in [2.05, 4.69) is 19.4 Å². The van der Waals surface area contributed by atoms with Crippen molar-refractivity contribution in [2.24, 2.45) is 0 Å². The quantitative estimate of drug-likeness (QED) is 0.731. The summed E-state index contributed by atoms with van der Waals surface area (Å²) in [6.07, 6.45) is 1.26. The van der Waals surface area contributed by atoms with Gasteiger partial charge in [-0.05, 0) is 36.4 Å². The predicted molar refractivity (Wildman–Crippen MR) is 85.3 cm³/mol. The summed E-state index contributed by atoms with van der Waals surface area (Å²) in [4.78, 5) is 7.77. The van der Waals surface area contributed by atoms with Crippen LogP contribution < -0.4 is 9.46 Å². The van der Waals surface area contributed by atoms with E-state index in [9.17, 15) is 21.6 Å². The molecule has 1 aromatic carbocycles. The molecule has 0 aliphatic carbocycles. The van der Waals surface area contributed by atoms with Crippen molar-refractivity contribution in [1.29, 1.82) is 0 Å². The van der Waals surface area contributed by atoms with Crippen molar-refractivity contribution in [3.8, 4) is 11.6 Å². The highest BCUT2D eigenvalue weighted by molar-refractivity contribution is 7.92.